The lowest BCUT2D eigenvalue weighted by molar-refractivity contribution is -0.164. The van der Waals surface area contributed by atoms with E-state index in [0.717, 1.165) is 31.6 Å². The summed E-state index contributed by atoms with van der Waals surface area (Å²) in [4.78, 5) is 43.3. The van der Waals surface area contributed by atoms with Crippen LogP contribution in [0.15, 0.2) is 60.7 Å². The number of likely N-dealkylation sites (tertiary alicyclic amines) is 1. The first-order valence-corrected chi connectivity index (χ1v) is 14.2. The van der Waals surface area contributed by atoms with Crippen LogP contribution in [0.25, 0.3) is 0 Å². The Morgan fingerprint density at radius 1 is 1.00 bits per heavy atom. The number of ether oxygens (including phenoxy) is 1. The Morgan fingerprint density at radius 2 is 1.64 bits per heavy atom. The number of piperidine rings is 1. The molecule has 8 nitrogen and oxygen atoms in total. The third kappa shape index (κ3) is 7.38. The van der Waals surface area contributed by atoms with E-state index in [1.165, 1.54) is 5.56 Å². The van der Waals surface area contributed by atoms with Gasteiger partial charge in [0.2, 0.25) is 11.8 Å². The van der Waals surface area contributed by atoms with Gasteiger partial charge in [-0.15, -0.1) is 0 Å². The normalized spacial score (nSPS) is 19.3. The Hall–Kier alpha value is -3.39. The van der Waals surface area contributed by atoms with Crippen LogP contribution in [0.2, 0.25) is 0 Å². The zero-order valence-corrected chi connectivity index (χ0v) is 23.2. The van der Waals surface area contributed by atoms with E-state index in [9.17, 15) is 14.4 Å². The highest BCUT2D eigenvalue weighted by Crippen LogP contribution is 2.35. The van der Waals surface area contributed by atoms with Crippen LogP contribution in [0.5, 0.6) is 0 Å². The van der Waals surface area contributed by atoms with Crippen LogP contribution in [0.4, 0.5) is 4.79 Å². The van der Waals surface area contributed by atoms with E-state index >= 15 is 0 Å². The highest BCUT2D eigenvalue weighted by atomic mass is 16.5. The molecule has 0 aromatic heterocycles. The summed E-state index contributed by atoms with van der Waals surface area (Å²) in [5.74, 6) is -0.0105. The van der Waals surface area contributed by atoms with E-state index in [1.54, 1.807) is 0 Å². The minimum Gasteiger partial charge on any atom is -0.445 e. The number of piperazine rings is 1. The monoisotopic (exact) mass is 534 g/mol. The van der Waals surface area contributed by atoms with Crippen LogP contribution < -0.4 is 10.6 Å². The summed E-state index contributed by atoms with van der Waals surface area (Å²) in [5.41, 5.74) is 1.48. The summed E-state index contributed by atoms with van der Waals surface area (Å²) in [6, 6.07) is 19.4. The Bertz CT molecular complexity index is 1080. The van der Waals surface area contributed by atoms with E-state index in [0.29, 0.717) is 38.6 Å². The fourth-order valence-corrected chi connectivity index (χ4v) is 5.77. The fourth-order valence-electron chi connectivity index (χ4n) is 5.77. The molecule has 2 fully saturated rings. The van der Waals surface area contributed by atoms with Gasteiger partial charge in [-0.1, -0.05) is 60.7 Å². The number of unbranched alkanes of at least 4 members (excludes halogenated alkanes) is 1. The summed E-state index contributed by atoms with van der Waals surface area (Å²) in [6.07, 6.45) is 3.79. The lowest BCUT2D eigenvalue weighted by Gasteiger charge is -2.53. The van der Waals surface area contributed by atoms with Gasteiger partial charge in [0, 0.05) is 32.2 Å². The van der Waals surface area contributed by atoms with E-state index in [1.807, 2.05) is 55.1 Å². The van der Waals surface area contributed by atoms with Crippen LogP contribution >= 0.6 is 0 Å². The van der Waals surface area contributed by atoms with Crippen molar-refractivity contribution in [2.45, 2.75) is 76.6 Å². The SMILES string of the molecule is CC(C)N1C(=O)[C@H](CCCCNC(=O)OCc2ccccc2)NC(=O)C12CCN(CCc1ccccc1)CC2. The van der Waals surface area contributed by atoms with Crippen LogP contribution in [0.3, 0.4) is 0 Å². The second-order valence-corrected chi connectivity index (χ2v) is 10.9. The van der Waals surface area contributed by atoms with E-state index in [-0.39, 0.29) is 24.5 Å². The van der Waals surface area contributed by atoms with Crippen LogP contribution in [0, 0.1) is 0 Å². The first-order chi connectivity index (χ1) is 18.9. The fraction of sp³-hybridized carbons (Fsp3) is 0.516. The lowest BCUT2D eigenvalue weighted by Crippen LogP contribution is -2.74. The first kappa shape index (κ1) is 28.6. The van der Waals surface area contributed by atoms with Gasteiger partial charge in [-0.05, 0) is 63.5 Å². The van der Waals surface area contributed by atoms with Crippen LogP contribution in [-0.4, -0.2) is 71.5 Å². The van der Waals surface area contributed by atoms with Gasteiger partial charge in [-0.3, -0.25) is 9.59 Å². The van der Waals surface area contributed by atoms with Crippen molar-refractivity contribution < 1.29 is 19.1 Å². The summed E-state index contributed by atoms with van der Waals surface area (Å²) in [6.45, 7) is 7.24. The molecule has 4 rings (SSSR count). The molecule has 1 spiro atoms. The molecule has 2 aromatic carbocycles. The topological polar surface area (TPSA) is 91.0 Å². The molecule has 1 atom stereocenters. The van der Waals surface area contributed by atoms with Gasteiger partial charge in [0.1, 0.15) is 18.2 Å². The molecule has 2 aromatic rings. The molecule has 39 heavy (non-hydrogen) atoms. The maximum atomic E-state index is 13.6. The number of hydrogen-bond donors (Lipinski definition) is 2. The van der Waals surface area contributed by atoms with E-state index < -0.39 is 17.7 Å². The zero-order valence-electron chi connectivity index (χ0n) is 23.2. The second-order valence-electron chi connectivity index (χ2n) is 10.9. The quantitative estimate of drug-likeness (QED) is 0.427. The molecular weight excluding hydrogens is 492 g/mol. The standard InChI is InChI=1S/C31H42N4O4/c1-24(2)35-28(36)27(15-9-10-19-32-30(38)39-23-26-13-7-4-8-14-26)33-29(37)31(35)17-21-34(22-18-31)20-16-25-11-5-3-6-12-25/h3-8,11-14,24,27H,9-10,15-23H2,1-2H3,(H,32,38)(H,33,37)/t27-/m0/s1. The van der Waals surface area contributed by atoms with Crippen molar-refractivity contribution in [3.8, 4) is 0 Å². The smallest absolute Gasteiger partial charge is 0.407 e. The molecule has 2 aliphatic rings. The van der Waals surface area contributed by atoms with Gasteiger partial charge in [-0.25, -0.2) is 4.79 Å². The van der Waals surface area contributed by atoms with Crippen molar-refractivity contribution in [2.24, 2.45) is 0 Å². The number of carbonyl (C=O) groups excluding carboxylic acids is 3. The average Bonchev–Trinajstić information content (AvgIpc) is 2.95. The maximum Gasteiger partial charge on any atom is 0.407 e. The summed E-state index contributed by atoms with van der Waals surface area (Å²) in [7, 11) is 0. The molecule has 0 bridgehead atoms. The van der Waals surface area contributed by atoms with Crippen molar-refractivity contribution in [3.05, 3.63) is 71.8 Å². The molecule has 2 N–H and O–H groups in total. The summed E-state index contributed by atoms with van der Waals surface area (Å²) in [5, 5.41) is 5.82. The Labute approximate surface area is 232 Å². The predicted molar refractivity (Wildman–Crippen MR) is 151 cm³/mol. The van der Waals surface area contributed by atoms with Gasteiger partial charge < -0.3 is 25.2 Å². The van der Waals surface area contributed by atoms with Crippen LogP contribution in [0.1, 0.15) is 57.1 Å². The van der Waals surface area contributed by atoms with E-state index in [4.69, 9.17) is 4.74 Å². The molecule has 0 aliphatic carbocycles. The Kier molecular flexibility index (Phi) is 9.98. The number of rotatable bonds is 11. The Morgan fingerprint density at radius 3 is 2.28 bits per heavy atom. The van der Waals surface area contributed by atoms with Crippen molar-refractivity contribution in [3.63, 3.8) is 0 Å². The van der Waals surface area contributed by atoms with Gasteiger partial charge in [0.15, 0.2) is 0 Å². The maximum absolute atomic E-state index is 13.6. The third-order valence-electron chi connectivity index (χ3n) is 7.89. The summed E-state index contributed by atoms with van der Waals surface area (Å²) < 4.78 is 5.23. The number of nitrogens with zero attached hydrogens (tertiary/aromatic N) is 2. The van der Waals surface area contributed by atoms with Gasteiger partial charge in [0.25, 0.3) is 0 Å². The minimum absolute atomic E-state index is 0.0116. The molecule has 8 heteroatoms. The largest absolute Gasteiger partial charge is 0.445 e. The van der Waals surface area contributed by atoms with Crippen LogP contribution in [-0.2, 0) is 27.4 Å². The van der Waals surface area contributed by atoms with Gasteiger partial charge >= 0.3 is 6.09 Å². The van der Waals surface area contributed by atoms with Crippen molar-refractivity contribution in [1.29, 1.82) is 0 Å². The molecule has 0 radical (unpaired) electrons. The van der Waals surface area contributed by atoms with Gasteiger partial charge in [-0.2, -0.15) is 0 Å². The van der Waals surface area contributed by atoms with Gasteiger partial charge in [0.05, 0.1) is 0 Å². The molecule has 2 aliphatic heterocycles. The highest BCUT2D eigenvalue weighted by Gasteiger charge is 2.54. The highest BCUT2D eigenvalue weighted by molar-refractivity contribution is 6.00. The predicted octanol–water partition coefficient (Wildman–Crippen LogP) is 3.90. The molecule has 3 amide bonds. The number of hydrogen-bond acceptors (Lipinski definition) is 5. The number of nitrogens with one attached hydrogen (secondary N) is 2. The average molecular weight is 535 g/mol. The first-order valence-electron chi connectivity index (χ1n) is 14.2. The summed E-state index contributed by atoms with van der Waals surface area (Å²) >= 11 is 0. The molecule has 2 heterocycles. The molecule has 2 saturated heterocycles. The minimum atomic E-state index is -0.769. The number of benzene rings is 2. The number of alkyl carbamates (subject to hydrolysis) is 1. The number of carbonyl (C=O) groups is 3. The second kappa shape index (κ2) is 13.6. The molecule has 0 saturated carbocycles. The zero-order chi connectivity index (χ0) is 27.7. The molecular formula is C31H42N4O4. The Balaban J connectivity index is 1.21. The third-order valence-corrected chi connectivity index (χ3v) is 7.89. The molecule has 210 valence electrons. The van der Waals surface area contributed by atoms with Crippen molar-refractivity contribution in [1.82, 2.24) is 20.4 Å². The number of amides is 3. The van der Waals surface area contributed by atoms with Crippen molar-refractivity contribution in [2.75, 3.05) is 26.2 Å². The lowest BCUT2D eigenvalue weighted by atomic mass is 9.80. The van der Waals surface area contributed by atoms with E-state index in [2.05, 4.69) is 39.8 Å². The molecule has 0 unspecified atom stereocenters. The van der Waals surface area contributed by atoms with Crippen molar-refractivity contribution >= 4 is 17.9 Å².